The van der Waals surface area contributed by atoms with Gasteiger partial charge in [0.25, 0.3) is 0 Å². The second kappa shape index (κ2) is 5.48. The van der Waals surface area contributed by atoms with Crippen LogP contribution in [0.15, 0.2) is 52.9 Å². The SMILES string of the molecule is CC(C)(O)C(C)(O)Cc1ccc(-c2nc3ccccc3o2)cc1. The average Bonchev–Trinajstić information content (AvgIpc) is 2.90. The molecule has 1 atom stereocenters. The molecule has 120 valence electrons. The molecule has 4 heteroatoms. The molecule has 3 aromatic rings. The van der Waals surface area contributed by atoms with Crippen molar-refractivity contribution >= 4 is 11.1 Å². The normalized spacial score (nSPS) is 14.8. The smallest absolute Gasteiger partial charge is 0.227 e. The van der Waals surface area contributed by atoms with Crippen molar-refractivity contribution < 1.29 is 14.6 Å². The molecule has 1 unspecified atom stereocenters. The highest BCUT2D eigenvalue weighted by Crippen LogP contribution is 2.28. The first-order valence-corrected chi connectivity index (χ1v) is 7.66. The third kappa shape index (κ3) is 3.14. The van der Waals surface area contributed by atoms with Gasteiger partial charge in [-0.2, -0.15) is 0 Å². The van der Waals surface area contributed by atoms with Crippen molar-refractivity contribution in [1.82, 2.24) is 4.98 Å². The Bertz CT molecular complexity index is 777. The zero-order valence-electron chi connectivity index (χ0n) is 13.6. The van der Waals surface area contributed by atoms with Crippen molar-refractivity contribution in [3.63, 3.8) is 0 Å². The minimum absolute atomic E-state index is 0.365. The largest absolute Gasteiger partial charge is 0.436 e. The zero-order chi connectivity index (χ0) is 16.7. The van der Waals surface area contributed by atoms with Gasteiger partial charge in [-0.05, 0) is 50.6 Å². The van der Waals surface area contributed by atoms with Crippen LogP contribution in [0.5, 0.6) is 0 Å². The van der Waals surface area contributed by atoms with Gasteiger partial charge in [0, 0.05) is 12.0 Å². The first-order chi connectivity index (χ1) is 10.8. The number of rotatable bonds is 4. The third-order valence-electron chi connectivity index (χ3n) is 4.36. The molecular weight excluding hydrogens is 290 g/mol. The van der Waals surface area contributed by atoms with Crippen LogP contribution in [-0.2, 0) is 6.42 Å². The average molecular weight is 311 g/mol. The molecule has 23 heavy (non-hydrogen) atoms. The minimum atomic E-state index is -1.20. The molecule has 0 radical (unpaired) electrons. The lowest BCUT2D eigenvalue weighted by atomic mass is 9.82. The summed E-state index contributed by atoms with van der Waals surface area (Å²) in [6.07, 6.45) is 0.365. The summed E-state index contributed by atoms with van der Waals surface area (Å²) in [5.41, 5.74) is 1.04. The third-order valence-corrected chi connectivity index (χ3v) is 4.36. The van der Waals surface area contributed by atoms with Crippen LogP contribution in [0.1, 0.15) is 26.3 Å². The Morgan fingerprint density at radius 1 is 0.957 bits per heavy atom. The van der Waals surface area contributed by atoms with Gasteiger partial charge in [0.2, 0.25) is 5.89 Å². The number of aromatic nitrogens is 1. The summed E-state index contributed by atoms with van der Waals surface area (Å²) in [7, 11) is 0. The van der Waals surface area contributed by atoms with Crippen molar-refractivity contribution in [3.05, 3.63) is 54.1 Å². The predicted molar refractivity (Wildman–Crippen MR) is 90.1 cm³/mol. The van der Waals surface area contributed by atoms with Gasteiger partial charge >= 0.3 is 0 Å². The van der Waals surface area contributed by atoms with Crippen LogP contribution < -0.4 is 0 Å². The van der Waals surface area contributed by atoms with E-state index < -0.39 is 11.2 Å². The second-order valence-electron chi connectivity index (χ2n) is 6.69. The van der Waals surface area contributed by atoms with Crippen molar-refractivity contribution in [1.29, 1.82) is 0 Å². The highest BCUT2D eigenvalue weighted by molar-refractivity contribution is 5.75. The molecule has 0 saturated carbocycles. The maximum atomic E-state index is 10.4. The van der Waals surface area contributed by atoms with Gasteiger partial charge in [-0.25, -0.2) is 4.98 Å². The summed E-state index contributed by atoms with van der Waals surface area (Å²) >= 11 is 0. The number of hydrogen-bond acceptors (Lipinski definition) is 4. The fourth-order valence-electron chi connectivity index (χ4n) is 2.37. The predicted octanol–water partition coefficient (Wildman–Crippen LogP) is 3.56. The molecule has 0 fully saturated rings. The maximum Gasteiger partial charge on any atom is 0.227 e. The maximum absolute atomic E-state index is 10.4. The van der Waals surface area contributed by atoms with E-state index in [4.69, 9.17) is 4.42 Å². The topological polar surface area (TPSA) is 66.5 Å². The highest BCUT2D eigenvalue weighted by atomic mass is 16.4. The van der Waals surface area contributed by atoms with E-state index in [0.29, 0.717) is 12.3 Å². The molecule has 1 aromatic heterocycles. The number of nitrogens with zero attached hydrogens (tertiary/aromatic N) is 1. The number of para-hydroxylation sites is 2. The summed E-state index contributed by atoms with van der Waals surface area (Å²) < 4.78 is 5.75. The molecular formula is C19H21NO3. The number of benzene rings is 2. The van der Waals surface area contributed by atoms with Crippen molar-refractivity contribution in [3.8, 4) is 11.5 Å². The van der Waals surface area contributed by atoms with E-state index in [1.807, 2.05) is 48.5 Å². The van der Waals surface area contributed by atoms with Gasteiger partial charge in [0.1, 0.15) is 5.52 Å². The molecule has 0 aliphatic heterocycles. The molecule has 0 bridgehead atoms. The van der Waals surface area contributed by atoms with Crippen molar-refractivity contribution in [2.75, 3.05) is 0 Å². The summed E-state index contributed by atoms with van der Waals surface area (Å²) in [5.74, 6) is 0.576. The van der Waals surface area contributed by atoms with Gasteiger partial charge in [-0.1, -0.05) is 24.3 Å². The van der Waals surface area contributed by atoms with Crippen LogP contribution in [0.4, 0.5) is 0 Å². The summed E-state index contributed by atoms with van der Waals surface area (Å²) in [5, 5.41) is 20.5. The molecule has 3 rings (SSSR count). The van der Waals surface area contributed by atoms with Gasteiger partial charge in [-0.3, -0.25) is 0 Å². The Morgan fingerprint density at radius 3 is 2.22 bits per heavy atom. The minimum Gasteiger partial charge on any atom is -0.436 e. The zero-order valence-corrected chi connectivity index (χ0v) is 13.6. The molecule has 0 spiro atoms. The first kappa shape index (κ1) is 15.7. The van der Waals surface area contributed by atoms with E-state index >= 15 is 0 Å². The van der Waals surface area contributed by atoms with E-state index in [-0.39, 0.29) is 0 Å². The Hall–Kier alpha value is -2.17. The van der Waals surface area contributed by atoms with Crippen LogP contribution in [0.3, 0.4) is 0 Å². The van der Waals surface area contributed by atoms with Gasteiger partial charge < -0.3 is 14.6 Å². The lowest BCUT2D eigenvalue weighted by Crippen LogP contribution is -2.49. The molecule has 1 heterocycles. The molecule has 0 aliphatic carbocycles. The monoisotopic (exact) mass is 311 g/mol. The lowest BCUT2D eigenvalue weighted by Gasteiger charge is -2.35. The van der Waals surface area contributed by atoms with E-state index in [9.17, 15) is 10.2 Å². The fourth-order valence-corrected chi connectivity index (χ4v) is 2.37. The molecule has 2 N–H and O–H groups in total. The Kier molecular flexibility index (Phi) is 3.74. The highest BCUT2D eigenvalue weighted by Gasteiger charge is 2.37. The van der Waals surface area contributed by atoms with Crippen LogP contribution >= 0.6 is 0 Å². The number of aliphatic hydroxyl groups is 2. The van der Waals surface area contributed by atoms with E-state index in [1.165, 1.54) is 0 Å². The van der Waals surface area contributed by atoms with Gasteiger partial charge in [-0.15, -0.1) is 0 Å². The quantitative estimate of drug-likeness (QED) is 0.773. The number of fused-ring (bicyclic) bond motifs is 1. The lowest BCUT2D eigenvalue weighted by molar-refractivity contribution is -0.118. The standard InChI is InChI=1S/C19H21NO3/c1-18(2,21)19(3,22)12-13-8-10-14(11-9-13)17-20-15-6-4-5-7-16(15)23-17/h4-11,21-22H,12H2,1-3H3. The molecule has 0 amide bonds. The Labute approximate surface area is 135 Å². The summed E-state index contributed by atoms with van der Waals surface area (Å²) in [6, 6.07) is 15.3. The van der Waals surface area contributed by atoms with E-state index in [2.05, 4.69) is 4.98 Å². The molecule has 0 saturated heterocycles. The summed E-state index contributed by atoms with van der Waals surface area (Å²) in [4.78, 5) is 4.47. The van der Waals surface area contributed by atoms with Crippen LogP contribution in [-0.4, -0.2) is 26.4 Å². The fraction of sp³-hybridized carbons (Fsp3) is 0.316. The van der Waals surface area contributed by atoms with Gasteiger partial charge in [0.15, 0.2) is 5.58 Å². The van der Waals surface area contributed by atoms with E-state index in [1.54, 1.807) is 20.8 Å². The summed E-state index contributed by atoms with van der Waals surface area (Å²) in [6.45, 7) is 4.86. The number of hydrogen-bond donors (Lipinski definition) is 2. The van der Waals surface area contributed by atoms with E-state index in [0.717, 1.165) is 22.2 Å². The van der Waals surface area contributed by atoms with Crippen LogP contribution in [0.2, 0.25) is 0 Å². The molecule has 0 aliphatic rings. The Morgan fingerprint density at radius 2 is 1.61 bits per heavy atom. The molecule has 2 aromatic carbocycles. The van der Waals surface area contributed by atoms with Gasteiger partial charge in [0.05, 0.1) is 11.2 Å². The number of oxazole rings is 1. The van der Waals surface area contributed by atoms with Crippen molar-refractivity contribution in [2.24, 2.45) is 0 Å². The van der Waals surface area contributed by atoms with Crippen molar-refractivity contribution in [2.45, 2.75) is 38.4 Å². The first-order valence-electron chi connectivity index (χ1n) is 7.66. The Balaban J connectivity index is 1.85. The molecule has 4 nitrogen and oxygen atoms in total. The van der Waals surface area contributed by atoms with Crippen LogP contribution in [0.25, 0.3) is 22.6 Å². The van der Waals surface area contributed by atoms with Crippen LogP contribution in [0, 0.1) is 0 Å². The second-order valence-corrected chi connectivity index (χ2v) is 6.69.